The molecular formula is C19H21ClN2O2. The van der Waals surface area contributed by atoms with Gasteiger partial charge in [0.15, 0.2) is 0 Å². The van der Waals surface area contributed by atoms with Crippen LogP contribution in [-0.2, 0) is 17.8 Å². The van der Waals surface area contributed by atoms with Gasteiger partial charge in [-0.1, -0.05) is 23.7 Å². The second kappa shape index (κ2) is 6.26. The van der Waals surface area contributed by atoms with E-state index in [-0.39, 0.29) is 5.91 Å². The van der Waals surface area contributed by atoms with E-state index in [9.17, 15) is 4.79 Å². The Hall–Kier alpha value is -1.78. The molecule has 0 aliphatic carbocycles. The fourth-order valence-corrected chi connectivity index (χ4v) is 3.92. The molecule has 4 rings (SSSR count). The predicted molar refractivity (Wildman–Crippen MR) is 92.9 cm³/mol. The Labute approximate surface area is 147 Å². The predicted octanol–water partition coefficient (Wildman–Crippen LogP) is 3.13. The Kier molecular flexibility index (Phi) is 4.10. The van der Waals surface area contributed by atoms with Gasteiger partial charge in [0.05, 0.1) is 13.0 Å². The zero-order valence-electron chi connectivity index (χ0n) is 13.7. The van der Waals surface area contributed by atoms with E-state index >= 15 is 0 Å². The minimum absolute atomic E-state index is 0.209. The minimum Gasteiger partial charge on any atom is -0.465 e. The Bertz CT molecular complexity index is 740. The molecule has 0 radical (unpaired) electrons. The molecule has 5 heteroatoms. The molecular weight excluding hydrogens is 324 g/mol. The first-order valence-corrected chi connectivity index (χ1v) is 8.78. The Balaban J connectivity index is 1.33. The molecule has 2 atom stereocenters. The number of nitrogens with zero attached hydrogens (tertiary/aromatic N) is 2. The first-order valence-electron chi connectivity index (χ1n) is 8.40. The molecule has 1 aromatic carbocycles. The van der Waals surface area contributed by atoms with Crippen molar-refractivity contribution >= 4 is 17.5 Å². The minimum atomic E-state index is 0.209. The molecule has 1 aromatic heterocycles. The highest BCUT2D eigenvalue weighted by Crippen LogP contribution is 2.34. The maximum atomic E-state index is 12.5. The summed E-state index contributed by atoms with van der Waals surface area (Å²) >= 11 is 5.90. The van der Waals surface area contributed by atoms with Crippen LogP contribution < -0.4 is 0 Å². The Morgan fingerprint density at radius 1 is 1.17 bits per heavy atom. The summed E-state index contributed by atoms with van der Waals surface area (Å²) in [4.78, 5) is 17.0. The van der Waals surface area contributed by atoms with Gasteiger partial charge in [0, 0.05) is 36.6 Å². The van der Waals surface area contributed by atoms with Crippen molar-refractivity contribution in [1.82, 2.24) is 9.80 Å². The highest BCUT2D eigenvalue weighted by molar-refractivity contribution is 6.30. The second-order valence-electron chi connectivity index (χ2n) is 6.87. The number of rotatable bonds is 4. The fourth-order valence-electron chi connectivity index (χ4n) is 3.79. The van der Waals surface area contributed by atoms with Crippen LogP contribution in [0.15, 0.2) is 40.8 Å². The van der Waals surface area contributed by atoms with Crippen LogP contribution in [0.1, 0.15) is 17.1 Å². The second-order valence-corrected chi connectivity index (χ2v) is 7.31. The van der Waals surface area contributed by atoms with Gasteiger partial charge < -0.3 is 9.32 Å². The SMILES string of the molecule is Cc1ccc(CN2CC3CN(C(=O)Cc4ccc(Cl)cc4)CC32)o1. The number of carbonyl (C=O) groups is 1. The molecule has 0 bridgehead atoms. The van der Waals surface area contributed by atoms with Crippen LogP contribution in [0.25, 0.3) is 0 Å². The topological polar surface area (TPSA) is 36.7 Å². The van der Waals surface area contributed by atoms with Gasteiger partial charge in [-0.25, -0.2) is 0 Å². The lowest BCUT2D eigenvalue weighted by Crippen LogP contribution is -2.54. The van der Waals surface area contributed by atoms with Crippen molar-refractivity contribution in [2.24, 2.45) is 5.92 Å². The normalized spacial score (nSPS) is 23.2. The first kappa shape index (κ1) is 15.7. The quantitative estimate of drug-likeness (QED) is 0.855. The van der Waals surface area contributed by atoms with Crippen molar-refractivity contribution in [2.75, 3.05) is 19.6 Å². The first-order chi connectivity index (χ1) is 11.6. The molecule has 24 heavy (non-hydrogen) atoms. The number of hydrogen-bond acceptors (Lipinski definition) is 3. The molecule has 0 spiro atoms. The summed E-state index contributed by atoms with van der Waals surface area (Å²) in [6.07, 6.45) is 0.452. The molecule has 2 aliphatic heterocycles. The van der Waals surface area contributed by atoms with Gasteiger partial charge in [-0.2, -0.15) is 0 Å². The summed E-state index contributed by atoms with van der Waals surface area (Å²) in [5.74, 6) is 2.78. The van der Waals surface area contributed by atoms with Crippen LogP contribution in [0.5, 0.6) is 0 Å². The van der Waals surface area contributed by atoms with Crippen LogP contribution in [0.3, 0.4) is 0 Å². The summed E-state index contributed by atoms with van der Waals surface area (Å²) in [5, 5.41) is 0.703. The number of furan rings is 1. The average molecular weight is 345 g/mol. The third-order valence-electron chi connectivity index (χ3n) is 5.12. The largest absolute Gasteiger partial charge is 0.465 e. The molecule has 2 aliphatic rings. The summed E-state index contributed by atoms with van der Waals surface area (Å²) in [5.41, 5.74) is 1.02. The molecule has 2 saturated heterocycles. The molecule has 126 valence electrons. The third-order valence-corrected chi connectivity index (χ3v) is 5.37. The van der Waals surface area contributed by atoms with Crippen molar-refractivity contribution in [2.45, 2.75) is 25.9 Å². The summed E-state index contributed by atoms with van der Waals surface area (Å²) in [6, 6.07) is 12.1. The van der Waals surface area contributed by atoms with Gasteiger partial charge in [-0.3, -0.25) is 9.69 Å². The van der Waals surface area contributed by atoms with E-state index in [0.717, 1.165) is 43.3 Å². The monoisotopic (exact) mass is 344 g/mol. The number of hydrogen-bond donors (Lipinski definition) is 0. The molecule has 3 heterocycles. The smallest absolute Gasteiger partial charge is 0.227 e. The van der Waals surface area contributed by atoms with Crippen LogP contribution in [-0.4, -0.2) is 41.4 Å². The highest BCUT2D eigenvalue weighted by atomic mass is 35.5. The van der Waals surface area contributed by atoms with Gasteiger partial charge in [0.2, 0.25) is 5.91 Å². The van der Waals surface area contributed by atoms with Gasteiger partial charge >= 0.3 is 0 Å². The van der Waals surface area contributed by atoms with Crippen LogP contribution in [0, 0.1) is 12.8 Å². The highest BCUT2D eigenvalue weighted by Gasteiger charge is 2.46. The molecule has 0 N–H and O–H groups in total. The number of amides is 1. The van der Waals surface area contributed by atoms with Gasteiger partial charge in [0.25, 0.3) is 0 Å². The number of halogens is 1. The van der Waals surface area contributed by atoms with Crippen LogP contribution in [0.4, 0.5) is 0 Å². The van der Waals surface area contributed by atoms with Crippen molar-refractivity contribution in [1.29, 1.82) is 0 Å². The molecule has 2 aromatic rings. The van der Waals surface area contributed by atoms with E-state index < -0.39 is 0 Å². The maximum absolute atomic E-state index is 12.5. The molecule has 0 saturated carbocycles. The standard InChI is InChI=1S/C19H21ClN2O2/c1-13-2-7-17(24-13)11-21-9-15-10-22(12-18(15)21)19(23)8-14-3-5-16(20)6-4-14/h2-7,15,18H,8-12H2,1H3. The van der Waals surface area contributed by atoms with E-state index in [1.165, 1.54) is 0 Å². The third kappa shape index (κ3) is 3.08. The van der Waals surface area contributed by atoms with Gasteiger partial charge in [-0.05, 0) is 36.8 Å². The lowest BCUT2D eigenvalue weighted by molar-refractivity contribution is -0.129. The van der Waals surface area contributed by atoms with E-state index in [4.69, 9.17) is 16.0 Å². The fraction of sp³-hybridized carbons (Fsp3) is 0.421. The number of aryl methyl sites for hydroxylation is 1. The molecule has 2 fully saturated rings. The summed E-state index contributed by atoms with van der Waals surface area (Å²) in [6.45, 7) is 5.57. The number of benzene rings is 1. The Morgan fingerprint density at radius 3 is 2.67 bits per heavy atom. The van der Waals surface area contributed by atoms with Crippen LogP contribution in [0.2, 0.25) is 5.02 Å². The molecule has 1 amide bonds. The van der Waals surface area contributed by atoms with Crippen molar-refractivity contribution in [3.63, 3.8) is 0 Å². The van der Waals surface area contributed by atoms with E-state index in [0.29, 0.717) is 23.4 Å². The zero-order valence-corrected chi connectivity index (χ0v) is 14.5. The number of fused-ring (bicyclic) bond motifs is 1. The van der Waals surface area contributed by atoms with E-state index in [1.54, 1.807) is 0 Å². The van der Waals surface area contributed by atoms with Crippen molar-refractivity contribution in [3.8, 4) is 0 Å². The lowest BCUT2D eigenvalue weighted by Gasteiger charge is -2.42. The molecule has 2 unspecified atom stereocenters. The Morgan fingerprint density at radius 2 is 1.96 bits per heavy atom. The van der Waals surface area contributed by atoms with Crippen LogP contribution >= 0.6 is 11.6 Å². The zero-order chi connectivity index (χ0) is 16.7. The lowest BCUT2D eigenvalue weighted by atomic mass is 9.92. The van der Waals surface area contributed by atoms with Crippen molar-refractivity contribution < 1.29 is 9.21 Å². The molecule has 4 nitrogen and oxygen atoms in total. The van der Waals surface area contributed by atoms with Gasteiger partial charge in [-0.15, -0.1) is 0 Å². The van der Waals surface area contributed by atoms with Crippen molar-refractivity contribution in [3.05, 3.63) is 58.5 Å². The summed E-state index contributed by atoms with van der Waals surface area (Å²) in [7, 11) is 0. The maximum Gasteiger partial charge on any atom is 0.227 e. The average Bonchev–Trinajstić information content (AvgIpc) is 3.11. The number of carbonyl (C=O) groups excluding carboxylic acids is 1. The van der Waals surface area contributed by atoms with E-state index in [2.05, 4.69) is 4.90 Å². The summed E-state index contributed by atoms with van der Waals surface area (Å²) < 4.78 is 5.67. The van der Waals surface area contributed by atoms with E-state index in [1.807, 2.05) is 48.2 Å². The number of likely N-dealkylation sites (tertiary alicyclic amines) is 2. The van der Waals surface area contributed by atoms with Gasteiger partial charge in [0.1, 0.15) is 11.5 Å².